The van der Waals surface area contributed by atoms with Crippen LogP contribution >= 0.6 is 0 Å². The van der Waals surface area contributed by atoms with Gasteiger partial charge in [-0.3, -0.25) is 9.59 Å². The van der Waals surface area contributed by atoms with Gasteiger partial charge in [0.1, 0.15) is 5.82 Å². The predicted octanol–water partition coefficient (Wildman–Crippen LogP) is 0.672. The molecular formula is C18H24FN3O3. The number of nitrogens with one attached hydrogen (secondary N) is 1. The molecule has 0 saturated carbocycles. The predicted molar refractivity (Wildman–Crippen MR) is 90.2 cm³/mol. The molecule has 6 nitrogen and oxygen atoms in total. The lowest BCUT2D eigenvalue weighted by Crippen LogP contribution is -2.57. The summed E-state index contributed by atoms with van der Waals surface area (Å²) in [5.41, 5.74) is 0.402. The fraction of sp³-hybridized carbons (Fsp3) is 0.556. The van der Waals surface area contributed by atoms with Gasteiger partial charge in [-0.15, -0.1) is 0 Å². The van der Waals surface area contributed by atoms with E-state index < -0.39 is 11.9 Å². The molecule has 2 unspecified atom stereocenters. The molecule has 0 radical (unpaired) electrons. The Labute approximate surface area is 146 Å². The van der Waals surface area contributed by atoms with Crippen LogP contribution in [0.1, 0.15) is 30.9 Å². The molecule has 2 saturated heterocycles. The zero-order chi connectivity index (χ0) is 17.8. The van der Waals surface area contributed by atoms with Gasteiger partial charge < -0.3 is 20.2 Å². The molecule has 0 aliphatic carbocycles. The van der Waals surface area contributed by atoms with Crippen LogP contribution in [0.2, 0.25) is 0 Å². The molecule has 2 heterocycles. The molecule has 2 amide bonds. The van der Waals surface area contributed by atoms with Crippen molar-refractivity contribution in [3.8, 4) is 0 Å². The van der Waals surface area contributed by atoms with E-state index in [1.54, 1.807) is 11.0 Å². The van der Waals surface area contributed by atoms with Crippen LogP contribution in [-0.2, 0) is 9.59 Å². The summed E-state index contributed by atoms with van der Waals surface area (Å²) in [4.78, 5) is 28.2. The first-order chi connectivity index (χ1) is 12.0. The Kier molecular flexibility index (Phi) is 5.65. The summed E-state index contributed by atoms with van der Waals surface area (Å²) >= 11 is 0. The average molecular weight is 349 g/mol. The monoisotopic (exact) mass is 349 g/mol. The Morgan fingerprint density at radius 2 is 2.24 bits per heavy atom. The third kappa shape index (κ3) is 4.35. The number of carbonyl (C=O) groups excluding carboxylic acids is 2. The van der Waals surface area contributed by atoms with Crippen molar-refractivity contribution in [1.82, 2.24) is 15.1 Å². The Hall–Kier alpha value is -1.99. The number of piperidine rings is 1. The molecule has 2 atom stereocenters. The van der Waals surface area contributed by atoms with E-state index in [1.807, 2.05) is 4.90 Å². The van der Waals surface area contributed by atoms with Crippen LogP contribution in [0.25, 0.3) is 0 Å². The van der Waals surface area contributed by atoms with Crippen LogP contribution in [0.3, 0.4) is 0 Å². The van der Waals surface area contributed by atoms with Gasteiger partial charge in [-0.05, 0) is 30.5 Å². The van der Waals surface area contributed by atoms with Crippen LogP contribution < -0.4 is 5.32 Å². The van der Waals surface area contributed by atoms with Crippen molar-refractivity contribution in [2.75, 3.05) is 32.7 Å². The van der Waals surface area contributed by atoms with Crippen LogP contribution in [0.5, 0.6) is 0 Å². The quantitative estimate of drug-likeness (QED) is 0.838. The van der Waals surface area contributed by atoms with Gasteiger partial charge in [-0.1, -0.05) is 12.1 Å². The standard InChI is InChI=1S/C18H24FN3O3/c19-14-4-1-3-13(9-14)16(23)10-17(24)21-7-2-5-15(12-21)22-8-6-20-11-18(22)25/h1,3-4,9,15-16,20,23H,2,5-8,10-12H2. The Morgan fingerprint density at radius 3 is 3.00 bits per heavy atom. The number of benzene rings is 1. The molecule has 2 fully saturated rings. The van der Waals surface area contributed by atoms with Gasteiger partial charge in [-0.25, -0.2) is 4.39 Å². The van der Waals surface area contributed by atoms with E-state index >= 15 is 0 Å². The highest BCUT2D eigenvalue weighted by Gasteiger charge is 2.32. The summed E-state index contributed by atoms with van der Waals surface area (Å²) in [7, 11) is 0. The molecule has 2 aliphatic heterocycles. The number of hydrogen-bond acceptors (Lipinski definition) is 4. The molecule has 2 aliphatic rings. The van der Waals surface area contributed by atoms with Crippen molar-refractivity contribution in [2.24, 2.45) is 0 Å². The van der Waals surface area contributed by atoms with Crippen molar-refractivity contribution in [3.63, 3.8) is 0 Å². The van der Waals surface area contributed by atoms with Crippen molar-refractivity contribution in [1.29, 1.82) is 0 Å². The van der Waals surface area contributed by atoms with Crippen molar-refractivity contribution < 1.29 is 19.1 Å². The Morgan fingerprint density at radius 1 is 1.40 bits per heavy atom. The van der Waals surface area contributed by atoms with Gasteiger partial charge in [0, 0.05) is 32.2 Å². The number of aliphatic hydroxyl groups is 1. The van der Waals surface area contributed by atoms with Gasteiger partial charge in [-0.2, -0.15) is 0 Å². The normalized spacial score (nSPS) is 22.8. The molecule has 0 spiro atoms. The maximum Gasteiger partial charge on any atom is 0.236 e. The molecule has 136 valence electrons. The highest BCUT2D eigenvalue weighted by atomic mass is 19.1. The summed E-state index contributed by atoms with van der Waals surface area (Å²) < 4.78 is 13.3. The van der Waals surface area contributed by atoms with Crippen molar-refractivity contribution >= 4 is 11.8 Å². The number of likely N-dealkylation sites (tertiary alicyclic amines) is 1. The zero-order valence-corrected chi connectivity index (χ0v) is 14.2. The van der Waals surface area contributed by atoms with E-state index in [0.29, 0.717) is 31.7 Å². The van der Waals surface area contributed by atoms with Gasteiger partial charge in [0.2, 0.25) is 11.8 Å². The summed E-state index contributed by atoms with van der Waals surface area (Å²) in [6.45, 7) is 2.92. The SMILES string of the molecule is O=C(CC(O)c1cccc(F)c1)N1CCCC(N2CCNCC2=O)C1. The minimum absolute atomic E-state index is 0.0404. The molecule has 7 heteroatoms. The number of aliphatic hydroxyl groups excluding tert-OH is 1. The van der Waals surface area contributed by atoms with E-state index in [1.165, 1.54) is 18.2 Å². The number of rotatable bonds is 4. The van der Waals surface area contributed by atoms with Crippen molar-refractivity contribution in [3.05, 3.63) is 35.6 Å². The van der Waals surface area contributed by atoms with E-state index in [0.717, 1.165) is 19.4 Å². The number of piperazine rings is 1. The fourth-order valence-corrected chi connectivity index (χ4v) is 3.57. The first-order valence-electron chi connectivity index (χ1n) is 8.76. The molecule has 1 aromatic rings. The van der Waals surface area contributed by atoms with Gasteiger partial charge in [0.25, 0.3) is 0 Å². The van der Waals surface area contributed by atoms with E-state index in [2.05, 4.69) is 5.32 Å². The zero-order valence-electron chi connectivity index (χ0n) is 14.2. The fourth-order valence-electron chi connectivity index (χ4n) is 3.57. The summed E-state index contributed by atoms with van der Waals surface area (Å²) in [5.74, 6) is -0.520. The van der Waals surface area contributed by atoms with Gasteiger partial charge >= 0.3 is 0 Å². The lowest BCUT2D eigenvalue weighted by molar-refractivity contribution is -0.141. The number of carbonyl (C=O) groups is 2. The highest BCUT2D eigenvalue weighted by Crippen LogP contribution is 2.22. The first kappa shape index (κ1) is 17.8. The number of nitrogens with zero attached hydrogens (tertiary/aromatic N) is 2. The first-order valence-corrected chi connectivity index (χ1v) is 8.76. The third-order valence-electron chi connectivity index (χ3n) is 4.92. The third-order valence-corrected chi connectivity index (χ3v) is 4.92. The average Bonchev–Trinajstić information content (AvgIpc) is 2.62. The van der Waals surface area contributed by atoms with Crippen LogP contribution in [0.15, 0.2) is 24.3 Å². The second kappa shape index (κ2) is 7.93. The van der Waals surface area contributed by atoms with E-state index in [9.17, 15) is 19.1 Å². The maximum atomic E-state index is 13.3. The molecule has 2 N–H and O–H groups in total. The van der Waals surface area contributed by atoms with Gasteiger partial charge in [0.05, 0.1) is 19.1 Å². The van der Waals surface area contributed by atoms with Crippen LogP contribution in [-0.4, -0.2) is 65.5 Å². The Balaban J connectivity index is 1.59. The smallest absolute Gasteiger partial charge is 0.236 e. The van der Waals surface area contributed by atoms with Gasteiger partial charge in [0.15, 0.2) is 0 Å². The number of hydrogen-bond donors (Lipinski definition) is 2. The molecule has 0 bridgehead atoms. The van der Waals surface area contributed by atoms with Crippen LogP contribution in [0.4, 0.5) is 4.39 Å². The minimum Gasteiger partial charge on any atom is -0.388 e. The molecule has 3 rings (SSSR count). The summed E-state index contributed by atoms with van der Waals surface area (Å²) in [6.07, 6.45) is 0.626. The lowest BCUT2D eigenvalue weighted by atomic mass is 10.0. The molecular weight excluding hydrogens is 325 g/mol. The molecule has 0 aromatic heterocycles. The highest BCUT2D eigenvalue weighted by molar-refractivity contribution is 5.80. The van der Waals surface area contributed by atoms with E-state index in [4.69, 9.17) is 0 Å². The van der Waals surface area contributed by atoms with Crippen LogP contribution in [0, 0.1) is 5.82 Å². The topological polar surface area (TPSA) is 72.9 Å². The second-order valence-electron chi connectivity index (χ2n) is 6.67. The summed E-state index contributed by atoms with van der Waals surface area (Å²) in [5, 5.41) is 13.3. The number of amides is 2. The summed E-state index contributed by atoms with van der Waals surface area (Å²) in [6, 6.07) is 5.72. The van der Waals surface area contributed by atoms with Crippen molar-refractivity contribution in [2.45, 2.75) is 31.4 Å². The largest absolute Gasteiger partial charge is 0.388 e. The second-order valence-corrected chi connectivity index (χ2v) is 6.67. The Bertz CT molecular complexity index is 640. The molecule has 25 heavy (non-hydrogen) atoms. The number of halogens is 1. The lowest BCUT2D eigenvalue weighted by Gasteiger charge is -2.41. The molecule has 1 aromatic carbocycles. The maximum absolute atomic E-state index is 13.3. The van der Waals surface area contributed by atoms with E-state index in [-0.39, 0.29) is 24.3 Å². The minimum atomic E-state index is -1.02.